The normalized spacial score (nSPS) is 44.6. The standard InChI is InChI=1S/C37H52O4/c1-22(2)24-12-17-37(21-38)19-18-35(6)27(31(24)37)10-11-30-34(5)15-13-26(23-8-9-25(32(40)41)28(39)20-23)33(3,4)29(34)14-16-36(30,35)7/h8-9,13,20,24,27,29-31,38-39H,1,10-12,14-19,21H2,2-7H3,(H,40,41)/t24-,27+,29?,30?,31?,34-,35+,36+,37+/m0/s1. The summed E-state index contributed by atoms with van der Waals surface area (Å²) in [7, 11) is 0. The van der Waals surface area contributed by atoms with Gasteiger partial charge in [0.2, 0.25) is 0 Å². The number of phenols is 1. The lowest BCUT2D eigenvalue weighted by molar-refractivity contribution is -0.228. The van der Waals surface area contributed by atoms with Gasteiger partial charge in [0.05, 0.1) is 0 Å². The molecule has 0 aliphatic heterocycles. The number of benzene rings is 1. The van der Waals surface area contributed by atoms with Gasteiger partial charge in [0.15, 0.2) is 0 Å². The Morgan fingerprint density at radius 1 is 0.951 bits per heavy atom. The number of hydrogen-bond acceptors (Lipinski definition) is 3. The van der Waals surface area contributed by atoms with Crippen molar-refractivity contribution in [1.82, 2.24) is 0 Å². The fourth-order valence-electron chi connectivity index (χ4n) is 12.5. The predicted octanol–water partition coefficient (Wildman–Crippen LogP) is 8.73. The summed E-state index contributed by atoms with van der Waals surface area (Å²) < 4.78 is 0. The summed E-state index contributed by atoms with van der Waals surface area (Å²) >= 11 is 0. The van der Waals surface area contributed by atoms with E-state index in [1.807, 2.05) is 6.07 Å². The summed E-state index contributed by atoms with van der Waals surface area (Å²) in [6, 6.07) is 5.09. The maximum atomic E-state index is 11.5. The molecule has 0 spiro atoms. The predicted molar refractivity (Wildman–Crippen MR) is 164 cm³/mol. The average molecular weight is 561 g/mol. The third-order valence-corrected chi connectivity index (χ3v) is 14.7. The summed E-state index contributed by atoms with van der Waals surface area (Å²) in [6.07, 6.45) is 13.1. The number of fused-ring (bicyclic) bond motifs is 7. The minimum absolute atomic E-state index is 0.0416. The van der Waals surface area contributed by atoms with Crippen molar-refractivity contribution in [1.29, 1.82) is 0 Å². The molecule has 1 aromatic carbocycles. The van der Waals surface area contributed by atoms with E-state index >= 15 is 0 Å². The molecule has 5 aliphatic carbocycles. The highest BCUT2D eigenvalue weighted by atomic mass is 16.4. The summed E-state index contributed by atoms with van der Waals surface area (Å²) in [4.78, 5) is 11.5. The van der Waals surface area contributed by atoms with Crippen LogP contribution in [0.2, 0.25) is 0 Å². The molecule has 3 unspecified atom stereocenters. The molecule has 5 aliphatic rings. The van der Waals surface area contributed by atoms with Crippen molar-refractivity contribution in [2.45, 2.75) is 99.3 Å². The van der Waals surface area contributed by atoms with Crippen LogP contribution in [-0.4, -0.2) is 27.9 Å². The van der Waals surface area contributed by atoms with Gasteiger partial charge < -0.3 is 15.3 Å². The molecule has 0 bridgehead atoms. The minimum atomic E-state index is -1.10. The number of hydrogen-bond donors (Lipinski definition) is 3. The zero-order valence-corrected chi connectivity index (χ0v) is 26.2. The number of carboxylic acid groups (broad SMARTS) is 1. The molecular formula is C37H52O4. The van der Waals surface area contributed by atoms with Crippen LogP contribution >= 0.6 is 0 Å². The van der Waals surface area contributed by atoms with E-state index in [0.717, 1.165) is 24.8 Å². The first-order valence-electron chi connectivity index (χ1n) is 16.2. The van der Waals surface area contributed by atoms with Gasteiger partial charge in [0.1, 0.15) is 11.3 Å². The van der Waals surface area contributed by atoms with Crippen LogP contribution in [0, 0.1) is 56.7 Å². The van der Waals surface area contributed by atoms with E-state index in [-0.39, 0.29) is 38.4 Å². The number of carboxylic acids is 1. The Kier molecular flexibility index (Phi) is 6.52. The zero-order chi connectivity index (χ0) is 29.8. The molecule has 4 heteroatoms. The summed E-state index contributed by atoms with van der Waals surface area (Å²) in [5.41, 5.74) is 4.19. The first-order valence-corrected chi connectivity index (χ1v) is 16.2. The molecule has 4 saturated carbocycles. The molecule has 4 nitrogen and oxygen atoms in total. The van der Waals surface area contributed by atoms with Gasteiger partial charge in [-0.25, -0.2) is 4.79 Å². The van der Waals surface area contributed by atoms with E-state index < -0.39 is 5.97 Å². The largest absolute Gasteiger partial charge is 0.507 e. The number of aliphatic hydroxyl groups is 1. The van der Waals surface area contributed by atoms with Gasteiger partial charge in [-0.1, -0.05) is 58.9 Å². The lowest BCUT2D eigenvalue weighted by Crippen LogP contribution is -2.65. The van der Waals surface area contributed by atoms with Crippen molar-refractivity contribution in [2.24, 2.45) is 56.7 Å². The number of rotatable bonds is 4. The molecule has 224 valence electrons. The second-order valence-electron chi connectivity index (χ2n) is 16.3. The Balaban J connectivity index is 1.37. The minimum Gasteiger partial charge on any atom is -0.507 e. The van der Waals surface area contributed by atoms with Crippen molar-refractivity contribution in [3.8, 4) is 5.75 Å². The van der Waals surface area contributed by atoms with Gasteiger partial charge in [-0.3, -0.25) is 0 Å². The molecule has 0 amide bonds. The lowest BCUT2D eigenvalue weighted by atomic mass is 9.32. The van der Waals surface area contributed by atoms with Crippen LogP contribution in [0.3, 0.4) is 0 Å². The van der Waals surface area contributed by atoms with Crippen LogP contribution in [0.4, 0.5) is 0 Å². The number of allylic oxidation sites excluding steroid dienone is 3. The Bertz CT molecular complexity index is 1310. The molecule has 0 heterocycles. The smallest absolute Gasteiger partial charge is 0.339 e. The Hall–Kier alpha value is -2.07. The van der Waals surface area contributed by atoms with E-state index in [1.54, 1.807) is 12.1 Å². The van der Waals surface area contributed by atoms with Crippen molar-refractivity contribution in [3.63, 3.8) is 0 Å². The SMILES string of the molecule is C=C(C)[C@@H]1CC[C@]2(CO)CC[C@]3(C)[C@H](CCC4[C@@]5(C)CC=C(c6ccc(C(=O)O)c(O)c6)C(C)(C)C5CC[C@]43C)C12. The Morgan fingerprint density at radius 2 is 1.68 bits per heavy atom. The van der Waals surface area contributed by atoms with Gasteiger partial charge in [-0.2, -0.15) is 0 Å². The highest BCUT2D eigenvalue weighted by Gasteiger charge is 2.70. The Morgan fingerprint density at radius 3 is 2.32 bits per heavy atom. The van der Waals surface area contributed by atoms with E-state index in [1.165, 1.54) is 49.7 Å². The van der Waals surface area contributed by atoms with Crippen LogP contribution in [0.25, 0.3) is 5.57 Å². The summed E-state index contributed by atoms with van der Waals surface area (Å²) in [5, 5.41) is 30.7. The quantitative estimate of drug-likeness (QED) is 0.322. The van der Waals surface area contributed by atoms with Crippen molar-refractivity contribution >= 4 is 11.5 Å². The number of aromatic hydroxyl groups is 1. The monoisotopic (exact) mass is 560 g/mol. The fraction of sp³-hybridized carbons (Fsp3) is 0.703. The van der Waals surface area contributed by atoms with Crippen molar-refractivity contribution in [2.75, 3.05) is 6.61 Å². The highest BCUT2D eigenvalue weighted by molar-refractivity contribution is 5.91. The molecule has 1 aromatic rings. The van der Waals surface area contributed by atoms with Crippen LogP contribution < -0.4 is 0 Å². The van der Waals surface area contributed by atoms with Gasteiger partial charge in [0, 0.05) is 6.61 Å². The third kappa shape index (κ3) is 3.71. The Labute approximate surface area is 247 Å². The van der Waals surface area contributed by atoms with Crippen molar-refractivity contribution in [3.05, 3.63) is 47.6 Å². The number of carbonyl (C=O) groups is 1. The maximum Gasteiger partial charge on any atom is 0.339 e. The van der Waals surface area contributed by atoms with E-state index in [4.69, 9.17) is 0 Å². The number of aromatic carboxylic acids is 1. The summed E-state index contributed by atoms with van der Waals surface area (Å²) in [6.45, 7) is 19.6. The van der Waals surface area contributed by atoms with Gasteiger partial charge >= 0.3 is 5.97 Å². The molecule has 0 aromatic heterocycles. The molecule has 6 rings (SSSR count). The lowest BCUT2D eigenvalue weighted by Gasteiger charge is -2.72. The molecule has 9 atom stereocenters. The molecule has 41 heavy (non-hydrogen) atoms. The average Bonchev–Trinajstić information content (AvgIpc) is 3.29. The molecule has 0 radical (unpaired) electrons. The highest BCUT2D eigenvalue weighted by Crippen LogP contribution is 2.77. The van der Waals surface area contributed by atoms with Crippen LogP contribution in [0.5, 0.6) is 5.75 Å². The fourth-order valence-corrected chi connectivity index (χ4v) is 12.5. The van der Waals surface area contributed by atoms with Crippen molar-refractivity contribution < 1.29 is 20.1 Å². The van der Waals surface area contributed by atoms with Crippen LogP contribution in [0.15, 0.2) is 36.4 Å². The van der Waals surface area contributed by atoms with Crippen LogP contribution in [-0.2, 0) is 0 Å². The van der Waals surface area contributed by atoms with Gasteiger partial charge in [0.25, 0.3) is 0 Å². The van der Waals surface area contributed by atoms with E-state index in [0.29, 0.717) is 36.2 Å². The first kappa shape index (κ1) is 29.0. The van der Waals surface area contributed by atoms with E-state index in [9.17, 15) is 20.1 Å². The molecule has 3 N–H and O–H groups in total. The second-order valence-corrected chi connectivity index (χ2v) is 16.3. The van der Waals surface area contributed by atoms with Gasteiger partial charge in [-0.15, -0.1) is 0 Å². The zero-order valence-electron chi connectivity index (χ0n) is 26.2. The molecule has 4 fully saturated rings. The van der Waals surface area contributed by atoms with Gasteiger partial charge in [-0.05, 0) is 145 Å². The third-order valence-electron chi connectivity index (χ3n) is 14.7. The maximum absolute atomic E-state index is 11.5. The number of aliphatic hydroxyl groups excluding tert-OH is 1. The molecule has 0 saturated heterocycles. The second kappa shape index (κ2) is 9.21. The summed E-state index contributed by atoms with van der Waals surface area (Å²) in [5.74, 6) is 1.65. The molecular weight excluding hydrogens is 508 g/mol. The topological polar surface area (TPSA) is 77.8 Å². The van der Waals surface area contributed by atoms with E-state index in [2.05, 4.69) is 54.2 Å². The first-order chi connectivity index (χ1) is 19.2. The van der Waals surface area contributed by atoms with Crippen LogP contribution in [0.1, 0.15) is 115 Å².